The van der Waals surface area contributed by atoms with Crippen LogP contribution in [0.4, 0.5) is 9.93 Å². The number of hydrogen-bond acceptors (Lipinski definition) is 10. The predicted octanol–water partition coefficient (Wildman–Crippen LogP) is 3.51. The summed E-state index contributed by atoms with van der Waals surface area (Å²) in [7, 11) is 0. The first-order valence-corrected chi connectivity index (χ1v) is 12.2. The number of epoxide rings is 1. The number of nitrogens with two attached hydrogens (primary N) is 1. The third-order valence-electron chi connectivity index (χ3n) is 5.13. The van der Waals surface area contributed by atoms with Crippen molar-refractivity contribution in [3.63, 3.8) is 0 Å². The molecule has 10 nitrogen and oxygen atoms in total. The summed E-state index contributed by atoms with van der Waals surface area (Å²) in [5.41, 5.74) is 0.0706. The highest BCUT2D eigenvalue weighted by atomic mass is 32.1. The Labute approximate surface area is 203 Å². The molecule has 1 amide bonds. The number of nitrogens with one attached hydrogen (secondary N) is 1. The lowest BCUT2D eigenvalue weighted by atomic mass is 10.1. The predicted molar refractivity (Wildman–Crippen MR) is 129 cm³/mol. The molecule has 1 aromatic carbocycles. The Bertz CT molecular complexity index is 1010. The smallest absolute Gasteiger partial charge is 0.410 e. The molecule has 0 radical (unpaired) electrons. The fourth-order valence-corrected chi connectivity index (χ4v) is 4.45. The first kappa shape index (κ1) is 24.9. The fraction of sp³-hybridized carbons (Fsp3) is 0.652. The van der Waals surface area contributed by atoms with Gasteiger partial charge < -0.3 is 29.2 Å². The number of likely N-dealkylation sites (tertiary alicyclic amines) is 1. The van der Waals surface area contributed by atoms with Crippen molar-refractivity contribution in [3.8, 4) is 5.75 Å². The lowest BCUT2D eigenvalue weighted by molar-refractivity contribution is -0.0586. The van der Waals surface area contributed by atoms with Gasteiger partial charge in [-0.15, -0.1) is 0 Å². The van der Waals surface area contributed by atoms with Crippen LogP contribution in [0, 0.1) is 0 Å². The molecule has 4 rings (SSSR count). The van der Waals surface area contributed by atoms with Crippen molar-refractivity contribution in [2.45, 2.75) is 77.3 Å². The van der Waals surface area contributed by atoms with Crippen LogP contribution in [0.15, 0.2) is 18.2 Å². The molecule has 1 aromatic heterocycles. The van der Waals surface area contributed by atoms with Gasteiger partial charge in [0.05, 0.1) is 21.9 Å². The van der Waals surface area contributed by atoms with E-state index in [-0.39, 0.29) is 36.7 Å². The van der Waals surface area contributed by atoms with E-state index in [4.69, 9.17) is 29.7 Å². The van der Waals surface area contributed by atoms with Crippen LogP contribution in [0.25, 0.3) is 10.2 Å². The molecule has 34 heavy (non-hydrogen) atoms. The first-order valence-electron chi connectivity index (χ1n) is 11.4. The minimum Gasteiger partial charge on any atom is -0.491 e. The van der Waals surface area contributed by atoms with Gasteiger partial charge in [-0.25, -0.2) is 15.7 Å². The van der Waals surface area contributed by atoms with E-state index in [1.54, 1.807) is 4.90 Å². The zero-order valence-electron chi connectivity index (χ0n) is 20.5. The SMILES string of the molecule is CC(C)(C)OC(=O)N1CC(Nc2nc3ccc(OCC(ON)[C@H]4OC4OC(C)(C)C)cc3s2)C1. The van der Waals surface area contributed by atoms with Gasteiger partial charge in [-0.3, -0.25) is 4.84 Å². The first-order chi connectivity index (χ1) is 15.9. The third kappa shape index (κ3) is 6.48. The highest BCUT2D eigenvalue weighted by Crippen LogP contribution is 2.33. The molecule has 2 aromatic rings. The van der Waals surface area contributed by atoms with Gasteiger partial charge in [0.2, 0.25) is 0 Å². The van der Waals surface area contributed by atoms with Crippen molar-refractivity contribution in [1.29, 1.82) is 0 Å². The number of carbonyl (C=O) groups excluding carboxylic acids is 1. The van der Waals surface area contributed by atoms with Crippen LogP contribution in [0.1, 0.15) is 41.5 Å². The van der Waals surface area contributed by atoms with Crippen molar-refractivity contribution in [1.82, 2.24) is 9.88 Å². The standard InChI is InChI=1S/C23H34N4O6S/c1-22(2,3)31-19-18(30-19)16(33-24)12-29-14-7-8-15-17(9-14)34-20(26-15)25-13-10-27(11-13)21(28)32-23(4,5)6/h7-9,13,16,18-19H,10-12,24H2,1-6H3,(H,25,26)/t16?,18-,19?/m1/s1. The second-order valence-corrected chi connectivity index (χ2v) is 11.6. The van der Waals surface area contributed by atoms with E-state index < -0.39 is 11.7 Å². The Balaban J connectivity index is 1.27. The van der Waals surface area contributed by atoms with Crippen LogP contribution >= 0.6 is 11.3 Å². The van der Waals surface area contributed by atoms with Gasteiger partial charge in [-0.2, -0.15) is 0 Å². The highest BCUT2D eigenvalue weighted by molar-refractivity contribution is 7.22. The monoisotopic (exact) mass is 494 g/mol. The summed E-state index contributed by atoms with van der Waals surface area (Å²) < 4.78 is 23.6. The Morgan fingerprint density at radius 1 is 1.26 bits per heavy atom. The van der Waals surface area contributed by atoms with Gasteiger partial charge in [0.25, 0.3) is 0 Å². The molecular formula is C23H34N4O6S. The van der Waals surface area contributed by atoms with Crippen molar-refractivity contribution in [3.05, 3.63) is 18.2 Å². The number of aromatic nitrogens is 1. The number of thiazole rings is 1. The summed E-state index contributed by atoms with van der Waals surface area (Å²) in [6.45, 7) is 12.9. The maximum Gasteiger partial charge on any atom is 0.410 e. The van der Waals surface area contributed by atoms with Crippen LogP contribution in [0.3, 0.4) is 0 Å². The molecular weight excluding hydrogens is 460 g/mol. The Morgan fingerprint density at radius 2 is 2.00 bits per heavy atom. The van der Waals surface area contributed by atoms with Crippen molar-refractivity contribution < 1.29 is 28.6 Å². The normalized spacial score (nSPS) is 21.8. The van der Waals surface area contributed by atoms with Crippen LogP contribution in [0.2, 0.25) is 0 Å². The Morgan fingerprint density at radius 3 is 2.65 bits per heavy atom. The second-order valence-electron chi connectivity index (χ2n) is 10.6. The number of carbonyl (C=O) groups is 1. The molecule has 0 aliphatic carbocycles. The molecule has 2 aliphatic rings. The minimum atomic E-state index is -0.494. The molecule has 2 unspecified atom stereocenters. The summed E-state index contributed by atoms with van der Waals surface area (Å²) in [6.07, 6.45) is -1.32. The lowest BCUT2D eigenvalue weighted by Crippen LogP contribution is -2.57. The maximum atomic E-state index is 12.1. The molecule has 0 bridgehead atoms. The average molecular weight is 495 g/mol. The van der Waals surface area contributed by atoms with Gasteiger partial charge in [0.1, 0.15) is 30.2 Å². The summed E-state index contributed by atoms with van der Waals surface area (Å²) in [5, 5.41) is 4.19. The molecule has 3 N–H and O–H groups in total. The molecule has 3 atom stereocenters. The van der Waals surface area contributed by atoms with E-state index >= 15 is 0 Å². The molecule has 2 aliphatic heterocycles. The van der Waals surface area contributed by atoms with E-state index in [0.717, 1.165) is 15.3 Å². The molecule has 0 saturated carbocycles. The van der Waals surface area contributed by atoms with Crippen molar-refractivity contribution >= 4 is 32.8 Å². The van der Waals surface area contributed by atoms with Crippen LogP contribution < -0.4 is 16.0 Å². The molecule has 11 heteroatoms. The lowest BCUT2D eigenvalue weighted by Gasteiger charge is -2.39. The third-order valence-corrected chi connectivity index (χ3v) is 6.08. The number of anilines is 1. The molecule has 2 saturated heterocycles. The topological polar surface area (TPSA) is 121 Å². The van der Waals surface area contributed by atoms with Crippen LogP contribution in [-0.4, -0.2) is 71.4 Å². The van der Waals surface area contributed by atoms with E-state index in [0.29, 0.717) is 18.8 Å². The van der Waals surface area contributed by atoms with Crippen molar-refractivity contribution in [2.24, 2.45) is 5.90 Å². The zero-order chi connectivity index (χ0) is 24.7. The Kier molecular flexibility index (Phi) is 6.94. The molecule has 0 spiro atoms. The summed E-state index contributed by atoms with van der Waals surface area (Å²) in [4.78, 5) is 23.5. The quantitative estimate of drug-likeness (QED) is 0.419. The van der Waals surface area contributed by atoms with Crippen LogP contribution in [0.5, 0.6) is 5.75 Å². The number of ether oxygens (including phenoxy) is 4. The highest BCUT2D eigenvalue weighted by Gasteiger charge is 2.49. The average Bonchev–Trinajstić information content (AvgIpc) is 3.28. The second kappa shape index (κ2) is 9.46. The number of rotatable bonds is 8. The molecule has 188 valence electrons. The fourth-order valence-electron chi connectivity index (χ4n) is 3.48. The largest absolute Gasteiger partial charge is 0.491 e. The summed E-state index contributed by atoms with van der Waals surface area (Å²) in [5.74, 6) is 6.15. The zero-order valence-corrected chi connectivity index (χ0v) is 21.3. The number of nitrogens with zero attached hydrogens (tertiary/aromatic N) is 2. The van der Waals surface area contributed by atoms with Gasteiger partial charge in [0.15, 0.2) is 11.4 Å². The molecule has 2 fully saturated rings. The van der Waals surface area contributed by atoms with E-state index in [2.05, 4.69) is 10.3 Å². The number of amides is 1. The van der Waals surface area contributed by atoms with Gasteiger partial charge in [-0.1, -0.05) is 11.3 Å². The van der Waals surface area contributed by atoms with Crippen molar-refractivity contribution in [2.75, 3.05) is 25.0 Å². The van der Waals surface area contributed by atoms with E-state index in [1.165, 1.54) is 11.3 Å². The van der Waals surface area contributed by atoms with Gasteiger partial charge in [-0.05, 0) is 59.7 Å². The van der Waals surface area contributed by atoms with E-state index in [1.807, 2.05) is 59.7 Å². The van der Waals surface area contributed by atoms with Gasteiger partial charge in [0, 0.05) is 13.1 Å². The van der Waals surface area contributed by atoms with Gasteiger partial charge >= 0.3 is 6.09 Å². The number of benzene rings is 1. The number of hydrogen-bond donors (Lipinski definition) is 2. The number of fused-ring (bicyclic) bond motifs is 1. The van der Waals surface area contributed by atoms with E-state index in [9.17, 15) is 4.79 Å². The Hall–Kier alpha value is -2.18. The minimum absolute atomic E-state index is 0.146. The van der Waals surface area contributed by atoms with Crippen LogP contribution in [-0.2, 0) is 19.0 Å². The summed E-state index contributed by atoms with van der Waals surface area (Å²) in [6, 6.07) is 5.87. The molecule has 3 heterocycles. The summed E-state index contributed by atoms with van der Waals surface area (Å²) >= 11 is 1.54. The maximum absolute atomic E-state index is 12.1.